The Morgan fingerprint density at radius 1 is 1.20 bits per heavy atom. The van der Waals surface area contributed by atoms with Gasteiger partial charge in [0, 0.05) is 0 Å². The lowest BCUT2D eigenvalue weighted by Gasteiger charge is -2.00. The van der Waals surface area contributed by atoms with Crippen LogP contribution >= 0.6 is 0 Å². The van der Waals surface area contributed by atoms with Gasteiger partial charge in [-0.2, -0.15) is 0 Å². The third kappa shape index (κ3) is 4.42. The normalized spacial score (nSPS) is 13.1. The zero-order valence-electron chi connectivity index (χ0n) is 7.28. The fourth-order valence-electron chi connectivity index (χ4n) is 0.821. The molecule has 0 unspecified atom stereocenters. The van der Waals surface area contributed by atoms with Crippen molar-refractivity contribution in [2.45, 2.75) is 46.5 Å². The second kappa shape index (κ2) is 5.33. The van der Waals surface area contributed by atoms with Crippen LogP contribution in [0.4, 0.5) is 0 Å². The van der Waals surface area contributed by atoms with Crippen molar-refractivity contribution in [2.24, 2.45) is 0 Å². The maximum atomic E-state index is 9.00. The van der Waals surface area contributed by atoms with Gasteiger partial charge >= 0.3 is 0 Å². The molecule has 0 fully saturated rings. The van der Waals surface area contributed by atoms with Gasteiger partial charge in [0.25, 0.3) is 0 Å². The van der Waals surface area contributed by atoms with Crippen molar-refractivity contribution in [1.29, 1.82) is 0 Å². The van der Waals surface area contributed by atoms with Crippen LogP contribution in [-0.4, -0.2) is 5.11 Å². The molecule has 0 amide bonds. The molecule has 60 valence electrons. The zero-order chi connectivity index (χ0) is 7.98. The summed E-state index contributed by atoms with van der Waals surface area (Å²) < 4.78 is 0. The molecule has 1 N–H and O–H groups in total. The highest BCUT2D eigenvalue weighted by atomic mass is 16.3. The van der Waals surface area contributed by atoms with Crippen molar-refractivity contribution in [3.05, 3.63) is 11.3 Å². The Morgan fingerprint density at radius 3 is 2.20 bits per heavy atom. The summed E-state index contributed by atoms with van der Waals surface area (Å²) >= 11 is 0. The quantitative estimate of drug-likeness (QED) is 0.471. The van der Waals surface area contributed by atoms with E-state index in [1.165, 1.54) is 19.3 Å². The first-order chi connectivity index (χ1) is 4.68. The molecule has 0 aliphatic carbocycles. The van der Waals surface area contributed by atoms with Crippen LogP contribution in [0.25, 0.3) is 0 Å². The lowest BCUT2D eigenvalue weighted by atomic mass is 10.1. The number of aliphatic hydroxyl groups is 1. The van der Waals surface area contributed by atoms with Crippen molar-refractivity contribution in [3.8, 4) is 0 Å². The summed E-state index contributed by atoms with van der Waals surface area (Å²) in [6.07, 6.45) is 4.78. The van der Waals surface area contributed by atoms with Crippen molar-refractivity contribution in [3.63, 3.8) is 0 Å². The molecule has 0 aromatic rings. The number of rotatable bonds is 4. The molecule has 1 heteroatoms. The molecule has 1 nitrogen and oxygen atoms in total. The molecular weight excluding hydrogens is 124 g/mol. The Bertz CT molecular complexity index is 110. The van der Waals surface area contributed by atoms with Gasteiger partial charge in [-0.15, -0.1) is 0 Å². The third-order valence-corrected chi connectivity index (χ3v) is 1.77. The zero-order valence-corrected chi connectivity index (χ0v) is 7.28. The molecule has 0 aliphatic rings. The Labute approximate surface area is 63.8 Å². The van der Waals surface area contributed by atoms with Crippen LogP contribution in [0.2, 0.25) is 0 Å². The van der Waals surface area contributed by atoms with Crippen molar-refractivity contribution in [1.82, 2.24) is 0 Å². The van der Waals surface area contributed by atoms with E-state index in [0.29, 0.717) is 5.76 Å². The van der Waals surface area contributed by atoms with E-state index < -0.39 is 0 Å². The minimum Gasteiger partial charge on any atom is -0.513 e. The van der Waals surface area contributed by atoms with Gasteiger partial charge < -0.3 is 5.11 Å². The molecule has 0 radical (unpaired) electrons. The summed E-state index contributed by atoms with van der Waals surface area (Å²) in [5.74, 6) is 0.496. The molecule has 0 spiro atoms. The molecule has 0 bridgehead atoms. The van der Waals surface area contributed by atoms with Crippen molar-refractivity contribution >= 4 is 0 Å². The van der Waals surface area contributed by atoms with E-state index in [0.717, 1.165) is 12.0 Å². The predicted octanol–water partition coefficient (Wildman–Crippen LogP) is 3.42. The van der Waals surface area contributed by atoms with Crippen LogP contribution in [0.15, 0.2) is 11.3 Å². The highest BCUT2D eigenvalue weighted by Gasteiger charge is 1.93. The highest BCUT2D eigenvalue weighted by Crippen LogP contribution is 2.10. The van der Waals surface area contributed by atoms with E-state index in [1.54, 1.807) is 6.92 Å². The van der Waals surface area contributed by atoms with E-state index in [-0.39, 0.29) is 0 Å². The first kappa shape index (κ1) is 9.54. The van der Waals surface area contributed by atoms with Crippen LogP contribution in [0.3, 0.4) is 0 Å². The largest absolute Gasteiger partial charge is 0.513 e. The average molecular weight is 142 g/mol. The molecule has 0 saturated carbocycles. The fourth-order valence-corrected chi connectivity index (χ4v) is 0.821. The van der Waals surface area contributed by atoms with Crippen LogP contribution in [0, 0.1) is 0 Å². The number of allylic oxidation sites excluding steroid dienone is 2. The Hall–Kier alpha value is -0.460. The van der Waals surface area contributed by atoms with Crippen LogP contribution < -0.4 is 0 Å². The predicted molar refractivity (Wildman–Crippen MR) is 45.1 cm³/mol. The lowest BCUT2D eigenvalue weighted by Crippen LogP contribution is -1.83. The van der Waals surface area contributed by atoms with E-state index in [9.17, 15) is 0 Å². The standard InChI is InChI=1S/C9H18O/c1-4-5-6-7-8(2)9(3)10/h10H,4-7H2,1-3H3/b9-8-. The Kier molecular flexibility index (Phi) is 5.09. The number of unbranched alkanes of at least 4 members (excludes halogenated alkanes) is 2. The molecule has 0 aromatic heterocycles. The van der Waals surface area contributed by atoms with E-state index in [4.69, 9.17) is 5.11 Å². The third-order valence-electron chi connectivity index (χ3n) is 1.77. The first-order valence-corrected chi connectivity index (χ1v) is 4.03. The summed E-state index contributed by atoms with van der Waals surface area (Å²) in [6, 6.07) is 0. The molecule has 0 rings (SSSR count). The fraction of sp³-hybridized carbons (Fsp3) is 0.778. The molecule has 0 atom stereocenters. The molecule has 0 saturated heterocycles. The van der Waals surface area contributed by atoms with Crippen LogP contribution in [-0.2, 0) is 0 Å². The maximum Gasteiger partial charge on any atom is 0.0880 e. The van der Waals surface area contributed by atoms with E-state index in [2.05, 4.69) is 6.92 Å². The molecule has 10 heavy (non-hydrogen) atoms. The maximum absolute atomic E-state index is 9.00. The first-order valence-electron chi connectivity index (χ1n) is 4.03. The van der Waals surface area contributed by atoms with Crippen molar-refractivity contribution in [2.75, 3.05) is 0 Å². The van der Waals surface area contributed by atoms with E-state index in [1.807, 2.05) is 6.92 Å². The summed E-state index contributed by atoms with van der Waals surface area (Å²) in [4.78, 5) is 0. The summed E-state index contributed by atoms with van der Waals surface area (Å²) in [5, 5.41) is 9.00. The summed E-state index contributed by atoms with van der Waals surface area (Å²) in [7, 11) is 0. The second-order valence-corrected chi connectivity index (χ2v) is 2.82. The van der Waals surface area contributed by atoms with Crippen LogP contribution in [0.1, 0.15) is 46.5 Å². The van der Waals surface area contributed by atoms with Crippen molar-refractivity contribution < 1.29 is 5.11 Å². The topological polar surface area (TPSA) is 20.2 Å². The summed E-state index contributed by atoms with van der Waals surface area (Å²) in [5.41, 5.74) is 1.13. The minimum absolute atomic E-state index is 0.496. The second-order valence-electron chi connectivity index (χ2n) is 2.82. The van der Waals surface area contributed by atoms with Gasteiger partial charge in [0.1, 0.15) is 0 Å². The van der Waals surface area contributed by atoms with Gasteiger partial charge in [-0.3, -0.25) is 0 Å². The highest BCUT2D eigenvalue weighted by molar-refractivity contribution is 5.00. The number of aliphatic hydroxyl groups excluding tert-OH is 1. The molecule has 0 heterocycles. The smallest absolute Gasteiger partial charge is 0.0880 e. The monoisotopic (exact) mass is 142 g/mol. The van der Waals surface area contributed by atoms with E-state index >= 15 is 0 Å². The number of hydrogen-bond donors (Lipinski definition) is 1. The molecular formula is C9H18O. The Morgan fingerprint density at radius 2 is 1.80 bits per heavy atom. The lowest BCUT2D eigenvalue weighted by molar-refractivity contribution is 0.403. The van der Waals surface area contributed by atoms with Gasteiger partial charge in [0.2, 0.25) is 0 Å². The summed E-state index contributed by atoms with van der Waals surface area (Å²) in [6.45, 7) is 5.93. The van der Waals surface area contributed by atoms with Gasteiger partial charge in [-0.1, -0.05) is 19.8 Å². The number of hydrogen-bond acceptors (Lipinski definition) is 1. The molecule has 0 aromatic carbocycles. The van der Waals surface area contributed by atoms with Gasteiger partial charge in [0.05, 0.1) is 5.76 Å². The minimum atomic E-state index is 0.496. The van der Waals surface area contributed by atoms with Crippen LogP contribution in [0.5, 0.6) is 0 Å². The Balaban J connectivity index is 3.40. The van der Waals surface area contributed by atoms with Gasteiger partial charge in [0.15, 0.2) is 0 Å². The van der Waals surface area contributed by atoms with Gasteiger partial charge in [-0.25, -0.2) is 0 Å². The SMILES string of the molecule is CCCCC/C(C)=C(/C)O. The molecule has 0 aliphatic heterocycles. The van der Waals surface area contributed by atoms with Gasteiger partial charge in [-0.05, 0) is 32.3 Å². The average Bonchev–Trinajstić information content (AvgIpc) is 1.88.